The molecule has 0 atom stereocenters. The fourth-order valence-electron chi connectivity index (χ4n) is 1.67. The summed E-state index contributed by atoms with van der Waals surface area (Å²) in [6, 6.07) is 12.4. The van der Waals surface area contributed by atoms with Gasteiger partial charge in [0.1, 0.15) is 5.75 Å². The third-order valence-electron chi connectivity index (χ3n) is 2.63. The summed E-state index contributed by atoms with van der Waals surface area (Å²) in [4.78, 5) is 0. The number of ether oxygens (including phenoxy) is 2. The molecule has 0 aliphatic rings. The number of hydrogen-bond donors (Lipinski definition) is 0. The predicted octanol–water partition coefficient (Wildman–Crippen LogP) is 4.86. The molecule has 0 spiro atoms. The minimum atomic E-state index is 0.310. The summed E-state index contributed by atoms with van der Waals surface area (Å²) in [6.07, 6.45) is 0.310. The first-order valence-electron chi connectivity index (χ1n) is 5.81. The number of halogens is 2. The van der Waals surface area contributed by atoms with Gasteiger partial charge in [-0.15, -0.1) is 0 Å². The van der Waals surface area contributed by atoms with Crippen LogP contribution in [0, 0.1) is 11.3 Å². The molecule has 2 rings (SSSR count). The Labute approximate surface area is 127 Å². The van der Waals surface area contributed by atoms with Crippen molar-refractivity contribution in [3.63, 3.8) is 0 Å². The highest BCUT2D eigenvalue weighted by molar-refractivity contribution is 6.32. The van der Waals surface area contributed by atoms with Crippen molar-refractivity contribution in [2.75, 3.05) is 7.11 Å². The molecule has 102 valence electrons. The van der Waals surface area contributed by atoms with Crippen LogP contribution in [0.3, 0.4) is 0 Å². The molecule has 5 heteroatoms. The van der Waals surface area contributed by atoms with Gasteiger partial charge in [0.05, 0.1) is 24.6 Å². The van der Waals surface area contributed by atoms with Crippen molar-refractivity contribution < 1.29 is 9.47 Å². The number of methoxy groups -OCH3 is 1. The van der Waals surface area contributed by atoms with E-state index >= 15 is 0 Å². The van der Waals surface area contributed by atoms with Crippen molar-refractivity contribution in [2.24, 2.45) is 0 Å². The maximum atomic E-state index is 8.66. The second-order valence-electron chi connectivity index (χ2n) is 4.00. The number of nitrogens with zero attached hydrogens (tertiary/aromatic N) is 1. The van der Waals surface area contributed by atoms with Gasteiger partial charge in [-0.1, -0.05) is 29.3 Å². The fourth-order valence-corrected chi connectivity index (χ4v) is 2.08. The van der Waals surface area contributed by atoms with Gasteiger partial charge >= 0.3 is 0 Å². The highest BCUT2D eigenvalue weighted by atomic mass is 35.5. The summed E-state index contributed by atoms with van der Waals surface area (Å²) >= 11 is 12.0. The van der Waals surface area contributed by atoms with Crippen molar-refractivity contribution >= 4 is 23.2 Å². The number of nitriles is 1. The van der Waals surface area contributed by atoms with E-state index < -0.39 is 0 Å². The first-order valence-corrected chi connectivity index (χ1v) is 6.56. The Morgan fingerprint density at radius 1 is 1.05 bits per heavy atom. The lowest BCUT2D eigenvalue weighted by Gasteiger charge is -2.12. The van der Waals surface area contributed by atoms with Crippen LogP contribution < -0.4 is 9.47 Å². The van der Waals surface area contributed by atoms with E-state index in [9.17, 15) is 0 Å². The van der Waals surface area contributed by atoms with Crippen LogP contribution in [0.2, 0.25) is 10.0 Å². The number of rotatable bonds is 4. The van der Waals surface area contributed by atoms with Gasteiger partial charge in [-0.05, 0) is 29.8 Å². The van der Waals surface area contributed by atoms with Gasteiger partial charge < -0.3 is 9.47 Å². The maximum absolute atomic E-state index is 8.66. The molecular weight excluding hydrogens is 297 g/mol. The molecule has 0 heterocycles. The van der Waals surface area contributed by atoms with Crippen molar-refractivity contribution in [3.8, 4) is 23.3 Å². The zero-order valence-electron chi connectivity index (χ0n) is 10.7. The van der Waals surface area contributed by atoms with Crippen molar-refractivity contribution in [1.29, 1.82) is 5.26 Å². The zero-order chi connectivity index (χ0) is 14.5. The van der Waals surface area contributed by atoms with Crippen molar-refractivity contribution in [3.05, 3.63) is 52.0 Å². The number of benzene rings is 2. The zero-order valence-corrected chi connectivity index (χ0v) is 12.2. The molecule has 0 aliphatic heterocycles. The molecule has 3 nitrogen and oxygen atoms in total. The molecule has 0 aromatic heterocycles. The minimum Gasteiger partial charge on any atom is -0.493 e. The molecular formula is C15H11Cl2NO2. The molecule has 0 radical (unpaired) electrons. The van der Waals surface area contributed by atoms with E-state index in [-0.39, 0.29) is 0 Å². The second-order valence-corrected chi connectivity index (χ2v) is 4.84. The monoisotopic (exact) mass is 307 g/mol. The largest absolute Gasteiger partial charge is 0.493 e. The highest BCUT2D eigenvalue weighted by Crippen LogP contribution is 2.36. The van der Waals surface area contributed by atoms with Gasteiger partial charge in [0.15, 0.2) is 11.5 Å². The normalized spacial score (nSPS) is 9.90. The first kappa shape index (κ1) is 14.5. The summed E-state index contributed by atoms with van der Waals surface area (Å²) in [5.74, 6) is 1.54. The summed E-state index contributed by atoms with van der Waals surface area (Å²) < 4.78 is 10.9. The average molecular weight is 308 g/mol. The molecule has 2 aromatic carbocycles. The average Bonchev–Trinajstić information content (AvgIpc) is 2.43. The lowest BCUT2D eigenvalue weighted by Crippen LogP contribution is -1.91. The molecule has 0 saturated carbocycles. The smallest absolute Gasteiger partial charge is 0.169 e. The predicted molar refractivity (Wildman–Crippen MR) is 78.8 cm³/mol. The van der Waals surface area contributed by atoms with Crippen LogP contribution in [0.4, 0.5) is 0 Å². The molecule has 0 amide bonds. The lowest BCUT2D eigenvalue weighted by atomic mass is 10.1. The Morgan fingerprint density at radius 3 is 2.45 bits per heavy atom. The Hall–Kier alpha value is -1.89. The Kier molecular flexibility index (Phi) is 4.73. The Morgan fingerprint density at radius 2 is 1.80 bits per heavy atom. The molecule has 0 aliphatic carbocycles. The molecule has 0 bridgehead atoms. The standard InChI is InChI=1S/C15H11Cl2NO2/c1-19-15-9-11(16)3-5-14(15)20-13-4-2-10(6-7-18)8-12(13)17/h2-5,8-9H,6H2,1H3. The first-order chi connectivity index (χ1) is 9.63. The van der Waals surface area contributed by atoms with Crippen LogP contribution in [-0.2, 0) is 6.42 Å². The van der Waals surface area contributed by atoms with Crippen LogP contribution in [0.25, 0.3) is 0 Å². The van der Waals surface area contributed by atoms with E-state index in [0.717, 1.165) is 5.56 Å². The van der Waals surface area contributed by atoms with E-state index in [2.05, 4.69) is 6.07 Å². The topological polar surface area (TPSA) is 42.2 Å². The van der Waals surface area contributed by atoms with Gasteiger partial charge in [-0.25, -0.2) is 0 Å². The molecule has 0 saturated heterocycles. The maximum Gasteiger partial charge on any atom is 0.169 e. The minimum absolute atomic E-state index is 0.310. The Bertz CT molecular complexity index is 665. The summed E-state index contributed by atoms with van der Waals surface area (Å²) in [5, 5.41) is 9.66. The van der Waals surface area contributed by atoms with Crippen LogP contribution in [-0.4, -0.2) is 7.11 Å². The molecule has 0 N–H and O–H groups in total. The lowest BCUT2D eigenvalue weighted by molar-refractivity contribution is 0.379. The van der Waals surface area contributed by atoms with E-state index in [4.69, 9.17) is 37.9 Å². The van der Waals surface area contributed by atoms with Gasteiger partial charge in [0.2, 0.25) is 0 Å². The molecule has 2 aromatic rings. The third kappa shape index (κ3) is 3.36. The highest BCUT2D eigenvalue weighted by Gasteiger charge is 2.09. The third-order valence-corrected chi connectivity index (χ3v) is 3.16. The van der Waals surface area contributed by atoms with E-state index in [1.807, 2.05) is 0 Å². The number of hydrogen-bond acceptors (Lipinski definition) is 3. The van der Waals surface area contributed by atoms with Crippen LogP contribution in [0.15, 0.2) is 36.4 Å². The van der Waals surface area contributed by atoms with Crippen molar-refractivity contribution in [1.82, 2.24) is 0 Å². The summed E-state index contributed by atoms with van der Waals surface area (Å²) in [7, 11) is 1.54. The molecule has 0 fully saturated rings. The van der Waals surface area contributed by atoms with Gasteiger partial charge in [-0.3, -0.25) is 0 Å². The summed E-state index contributed by atoms with van der Waals surface area (Å²) in [6.45, 7) is 0. The van der Waals surface area contributed by atoms with Gasteiger partial charge in [0, 0.05) is 11.1 Å². The molecule has 20 heavy (non-hydrogen) atoms. The molecule has 0 unspecified atom stereocenters. The van der Waals surface area contributed by atoms with Crippen molar-refractivity contribution in [2.45, 2.75) is 6.42 Å². The van der Waals surface area contributed by atoms with Crippen LogP contribution >= 0.6 is 23.2 Å². The second kappa shape index (κ2) is 6.51. The Balaban J connectivity index is 2.28. The summed E-state index contributed by atoms with van der Waals surface area (Å²) in [5.41, 5.74) is 0.841. The van der Waals surface area contributed by atoms with E-state index in [0.29, 0.717) is 33.7 Å². The quantitative estimate of drug-likeness (QED) is 0.810. The van der Waals surface area contributed by atoms with E-state index in [1.54, 1.807) is 36.4 Å². The van der Waals surface area contributed by atoms with Crippen LogP contribution in [0.5, 0.6) is 17.2 Å². The fraction of sp³-hybridized carbons (Fsp3) is 0.133. The van der Waals surface area contributed by atoms with E-state index in [1.165, 1.54) is 7.11 Å². The van der Waals surface area contributed by atoms with Crippen LogP contribution in [0.1, 0.15) is 5.56 Å². The SMILES string of the molecule is COc1cc(Cl)ccc1Oc1ccc(CC#N)cc1Cl. The van der Waals surface area contributed by atoms with Gasteiger partial charge in [0.25, 0.3) is 0 Å². The van der Waals surface area contributed by atoms with Gasteiger partial charge in [-0.2, -0.15) is 5.26 Å².